The number of nitrogens with one attached hydrogen (secondary N) is 1. The molecule has 0 spiro atoms. The van der Waals surface area contributed by atoms with Crippen molar-refractivity contribution in [2.45, 2.75) is 85.0 Å². The number of likely N-dealkylation sites (tertiary alicyclic amines) is 1. The molecule has 31 heavy (non-hydrogen) atoms. The highest BCUT2D eigenvalue weighted by molar-refractivity contribution is 5.89. The molecule has 0 bridgehead atoms. The van der Waals surface area contributed by atoms with Crippen molar-refractivity contribution in [1.29, 1.82) is 0 Å². The first-order valence-corrected chi connectivity index (χ1v) is 11.1. The van der Waals surface area contributed by atoms with E-state index < -0.39 is 5.97 Å². The smallest absolute Gasteiger partial charge is 0.303 e. The molecular formula is C26H40N2O3. The van der Waals surface area contributed by atoms with Gasteiger partial charge in [-0.15, -0.1) is 0 Å². The Bertz CT molecular complexity index is 884. The highest BCUT2D eigenvalue weighted by Crippen LogP contribution is 2.45. The van der Waals surface area contributed by atoms with Gasteiger partial charge in [0.1, 0.15) is 0 Å². The first-order chi connectivity index (χ1) is 14.0. The summed E-state index contributed by atoms with van der Waals surface area (Å²) in [5, 5.41) is 10.4. The zero-order chi connectivity index (χ0) is 20.4. The first kappa shape index (κ1) is 25.0. The normalized spacial score (nSPS) is 20.2. The van der Waals surface area contributed by atoms with Crippen LogP contribution in [0.25, 0.3) is 10.9 Å². The fourth-order valence-electron chi connectivity index (χ4n) is 4.90. The molecule has 4 rings (SSSR count). The molecule has 1 saturated heterocycles. The Morgan fingerprint density at radius 3 is 2.61 bits per heavy atom. The predicted molar refractivity (Wildman–Crippen MR) is 128 cm³/mol. The number of benzene rings is 1. The maximum Gasteiger partial charge on any atom is 0.303 e. The fourth-order valence-corrected chi connectivity index (χ4v) is 4.90. The molecule has 2 fully saturated rings. The number of aromatic amines is 1. The average Bonchev–Trinajstić information content (AvgIpc) is 3.41. The van der Waals surface area contributed by atoms with E-state index in [-0.39, 0.29) is 39.0 Å². The summed E-state index contributed by atoms with van der Waals surface area (Å²) in [4.78, 5) is 29.5. The maximum atomic E-state index is 13.1. The maximum absolute atomic E-state index is 13.1. The van der Waals surface area contributed by atoms with E-state index in [1.54, 1.807) is 0 Å². The number of rotatable bonds is 6. The van der Waals surface area contributed by atoms with Crippen molar-refractivity contribution in [2.24, 2.45) is 5.92 Å². The lowest BCUT2D eigenvalue weighted by Gasteiger charge is -2.29. The van der Waals surface area contributed by atoms with Crippen LogP contribution in [0.1, 0.15) is 96.1 Å². The molecule has 5 nitrogen and oxygen atoms in total. The van der Waals surface area contributed by atoms with Crippen LogP contribution < -0.4 is 0 Å². The first-order valence-electron chi connectivity index (χ1n) is 11.1. The minimum atomic E-state index is -0.729. The van der Waals surface area contributed by atoms with Gasteiger partial charge < -0.3 is 15.0 Å². The Morgan fingerprint density at radius 1 is 1.13 bits per heavy atom. The number of carbonyl (C=O) groups is 2. The van der Waals surface area contributed by atoms with Gasteiger partial charge in [-0.2, -0.15) is 0 Å². The summed E-state index contributed by atoms with van der Waals surface area (Å²) >= 11 is 0. The summed E-state index contributed by atoms with van der Waals surface area (Å²) in [7, 11) is 0. The molecule has 0 radical (unpaired) electrons. The molecule has 2 atom stereocenters. The van der Waals surface area contributed by atoms with Crippen LogP contribution in [0.3, 0.4) is 0 Å². The number of amides is 1. The molecule has 2 unspecified atom stereocenters. The summed E-state index contributed by atoms with van der Waals surface area (Å²) in [6.45, 7) is 3.64. The average molecular weight is 429 g/mol. The van der Waals surface area contributed by atoms with E-state index >= 15 is 0 Å². The van der Waals surface area contributed by atoms with Gasteiger partial charge in [0, 0.05) is 43.0 Å². The Balaban J connectivity index is 0.00000171. The van der Waals surface area contributed by atoms with Crippen molar-refractivity contribution in [3.05, 3.63) is 35.5 Å². The van der Waals surface area contributed by atoms with E-state index in [0.29, 0.717) is 18.9 Å². The van der Waals surface area contributed by atoms with Crippen molar-refractivity contribution in [3.8, 4) is 0 Å². The molecule has 1 aromatic heterocycles. The Labute approximate surface area is 187 Å². The number of aromatic nitrogens is 1. The van der Waals surface area contributed by atoms with Crippen molar-refractivity contribution in [3.63, 3.8) is 0 Å². The quantitative estimate of drug-likeness (QED) is 0.566. The van der Waals surface area contributed by atoms with Crippen LogP contribution in [0.2, 0.25) is 0 Å². The molecule has 172 valence electrons. The van der Waals surface area contributed by atoms with Crippen LogP contribution in [0.5, 0.6) is 0 Å². The van der Waals surface area contributed by atoms with Crippen LogP contribution >= 0.6 is 0 Å². The van der Waals surface area contributed by atoms with Gasteiger partial charge >= 0.3 is 5.97 Å². The third-order valence-electron chi connectivity index (χ3n) is 6.71. The number of hydrogen-bond donors (Lipinski definition) is 2. The van der Waals surface area contributed by atoms with Crippen LogP contribution in [0.15, 0.2) is 24.4 Å². The lowest BCUT2D eigenvalue weighted by atomic mass is 9.91. The summed E-state index contributed by atoms with van der Waals surface area (Å²) in [6.07, 6.45) is 9.08. The van der Waals surface area contributed by atoms with E-state index in [2.05, 4.69) is 36.3 Å². The van der Waals surface area contributed by atoms with Gasteiger partial charge in [0.25, 0.3) is 0 Å². The molecule has 2 N–H and O–H groups in total. The minimum Gasteiger partial charge on any atom is -0.481 e. The molecule has 5 heteroatoms. The molecule has 1 aliphatic carbocycles. The standard InChI is InChI=1S/C24H32N2O3.2CH4/c1-16(20-15-25-21-7-4-6-19(24(20)21)18-8-9-18)13-22(27)26-11-3-2-5-17(10-12-26)14-23(28)29;;/h4,6-7,15-18,25H,2-3,5,8-14H2,1H3,(H,28,29);2*1H4. The summed E-state index contributed by atoms with van der Waals surface area (Å²) < 4.78 is 0. The zero-order valence-corrected chi connectivity index (χ0v) is 17.3. The van der Waals surface area contributed by atoms with Crippen molar-refractivity contribution in [1.82, 2.24) is 9.88 Å². The van der Waals surface area contributed by atoms with Crippen molar-refractivity contribution in [2.75, 3.05) is 13.1 Å². The van der Waals surface area contributed by atoms with Gasteiger partial charge in [-0.3, -0.25) is 9.59 Å². The number of carboxylic acids is 1. The highest BCUT2D eigenvalue weighted by atomic mass is 16.4. The molecule has 2 aromatic rings. The van der Waals surface area contributed by atoms with Crippen molar-refractivity contribution >= 4 is 22.8 Å². The second-order valence-electron chi connectivity index (χ2n) is 9.02. The lowest BCUT2D eigenvalue weighted by molar-refractivity contribution is -0.138. The topological polar surface area (TPSA) is 73.4 Å². The monoisotopic (exact) mass is 428 g/mol. The van der Waals surface area contributed by atoms with E-state index in [4.69, 9.17) is 5.11 Å². The van der Waals surface area contributed by atoms with Crippen LogP contribution in [-0.2, 0) is 9.59 Å². The number of aliphatic carboxylic acids is 1. The molecular weight excluding hydrogens is 388 g/mol. The van der Waals surface area contributed by atoms with Gasteiger partial charge in [0.2, 0.25) is 5.91 Å². The third kappa shape index (κ3) is 5.90. The van der Waals surface area contributed by atoms with Gasteiger partial charge in [0.15, 0.2) is 0 Å². The number of carbonyl (C=O) groups excluding carboxylic acids is 1. The number of carboxylic acid groups (broad SMARTS) is 1. The second-order valence-corrected chi connectivity index (χ2v) is 9.02. The van der Waals surface area contributed by atoms with Gasteiger partial charge in [0.05, 0.1) is 0 Å². The number of hydrogen-bond acceptors (Lipinski definition) is 2. The fraction of sp³-hybridized carbons (Fsp3) is 0.615. The Kier molecular flexibility index (Phi) is 8.72. The number of H-pyrrole nitrogens is 1. The largest absolute Gasteiger partial charge is 0.481 e. The predicted octanol–water partition coefficient (Wildman–Crippen LogP) is 6.30. The van der Waals surface area contributed by atoms with Crippen molar-refractivity contribution < 1.29 is 14.7 Å². The van der Waals surface area contributed by atoms with E-state index in [0.717, 1.165) is 32.2 Å². The summed E-state index contributed by atoms with van der Waals surface area (Å²) in [6, 6.07) is 6.49. The number of nitrogens with zero attached hydrogens (tertiary/aromatic N) is 1. The van der Waals surface area contributed by atoms with Crippen LogP contribution in [-0.4, -0.2) is 40.0 Å². The summed E-state index contributed by atoms with van der Waals surface area (Å²) in [5.74, 6) is 0.503. The van der Waals surface area contributed by atoms with Crippen LogP contribution in [0, 0.1) is 5.92 Å². The van der Waals surface area contributed by atoms with Gasteiger partial charge in [-0.05, 0) is 67.1 Å². The number of fused-ring (bicyclic) bond motifs is 1. The third-order valence-corrected chi connectivity index (χ3v) is 6.71. The molecule has 1 aliphatic heterocycles. The van der Waals surface area contributed by atoms with Crippen LogP contribution in [0.4, 0.5) is 0 Å². The zero-order valence-electron chi connectivity index (χ0n) is 17.3. The molecule has 1 amide bonds. The molecule has 2 aliphatic rings. The van der Waals surface area contributed by atoms with E-state index in [9.17, 15) is 9.59 Å². The SMILES string of the molecule is C.C.CC(CC(=O)N1CCCCC(CC(=O)O)CC1)c1c[nH]c2cccc(C3CC3)c12. The van der Waals surface area contributed by atoms with E-state index in [1.807, 2.05) is 4.90 Å². The molecule has 2 heterocycles. The van der Waals surface area contributed by atoms with Gasteiger partial charge in [-0.1, -0.05) is 40.3 Å². The minimum absolute atomic E-state index is 0. The Morgan fingerprint density at radius 2 is 1.90 bits per heavy atom. The highest BCUT2D eigenvalue weighted by Gasteiger charge is 2.28. The lowest BCUT2D eigenvalue weighted by Crippen LogP contribution is -2.36. The summed E-state index contributed by atoms with van der Waals surface area (Å²) in [5.41, 5.74) is 3.86. The Hall–Kier alpha value is -2.30. The second kappa shape index (κ2) is 10.8. The molecule has 1 aromatic carbocycles. The molecule has 1 saturated carbocycles. The van der Waals surface area contributed by atoms with E-state index in [1.165, 1.54) is 34.9 Å². The van der Waals surface area contributed by atoms with Gasteiger partial charge in [-0.25, -0.2) is 0 Å².